The van der Waals surface area contributed by atoms with Gasteiger partial charge in [0.1, 0.15) is 18.1 Å². The molecule has 1 aromatic heterocycles. The van der Waals surface area contributed by atoms with Crippen LogP contribution in [-0.4, -0.2) is 21.0 Å². The summed E-state index contributed by atoms with van der Waals surface area (Å²) in [5.74, 6) is -0.361. The first kappa shape index (κ1) is 9.44. The zero-order valence-corrected chi connectivity index (χ0v) is 7.32. The number of aliphatic carboxylic acids is 1. The first-order valence-corrected chi connectivity index (χ1v) is 3.96. The van der Waals surface area contributed by atoms with Gasteiger partial charge in [-0.3, -0.25) is 4.79 Å². The number of anilines is 1. The number of carboxylic acid groups (broad SMARTS) is 1. The number of nitrogens with two attached hydrogens (primary N) is 1. The van der Waals surface area contributed by atoms with Crippen molar-refractivity contribution in [1.82, 2.24) is 9.97 Å². The van der Waals surface area contributed by atoms with Crippen LogP contribution in [0.1, 0.15) is 18.4 Å². The highest BCUT2D eigenvalue weighted by atomic mass is 16.4. The summed E-state index contributed by atoms with van der Waals surface area (Å²) < 4.78 is 0. The molecule has 1 aromatic rings. The van der Waals surface area contributed by atoms with Crippen LogP contribution in [-0.2, 0) is 17.6 Å². The van der Waals surface area contributed by atoms with Crippen LogP contribution in [0.2, 0.25) is 0 Å². The number of aromatic nitrogens is 2. The highest BCUT2D eigenvalue weighted by molar-refractivity contribution is 5.69. The second-order valence-corrected chi connectivity index (χ2v) is 2.62. The Bertz CT molecular complexity index is 325. The van der Waals surface area contributed by atoms with Crippen molar-refractivity contribution < 1.29 is 9.90 Å². The van der Waals surface area contributed by atoms with E-state index in [0.717, 1.165) is 12.1 Å². The monoisotopic (exact) mass is 181 g/mol. The van der Waals surface area contributed by atoms with Gasteiger partial charge in [-0.1, -0.05) is 6.92 Å². The molecule has 5 nitrogen and oxygen atoms in total. The average molecular weight is 181 g/mol. The molecule has 0 radical (unpaired) electrons. The van der Waals surface area contributed by atoms with Gasteiger partial charge < -0.3 is 10.8 Å². The molecule has 3 N–H and O–H groups in total. The Morgan fingerprint density at radius 2 is 2.31 bits per heavy atom. The number of nitrogens with zero attached hydrogens (tertiary/aromatic N) is 2. The van der Waals surface area contributed by atoms with Crippen LogP contribution in [0.15, 0.2) is 6.07 Å². The van der Waals surface area contributed by atoms with E-state index in [1.54, 1.807) is 6.07 Å². The van der Waals surface area contributed by atoms with Gasteiger partial charge in [0.2, 0.25) is 0 Å². The van der Waals surface area contributed by atoms with E-state index in [0.29, 0.717) is 5.82 Å². The second kappa shape index (κ2) is 3.84. The van der Waals surface area contributed by atoms with Gasteiger partial charge in [0, 0.05) is 11.8 Å². The van der Waals surface area contributed by atoms with Crippen molar-refractivity contribution in [2.75, 3.05) is 5.73 Å². The fourth-order valence-electron chi connectivity index (χ4n) is 0.970. The number of carbonyl (C=O) groups is 1. The summed E-state index contributed by atoms with van der Waals surface area (Å²) in [7, 11) is 0. The molecule has 0 fully saturated rings. The average Bonchev–Trinajstić information content (AvgIpc) is 2.01. The zero-order chi connectivity index (χ0) is 9.84. The number of hydrogen-bond acceptors (Lipinski definition) is 4. The van der Waals surface area contributed by atoms with E-state index in [1.165, 1.54) is 0 Å². The molecule has 0 aliphatic carbocycles. The highest BCUT2D eigenvalue weighted by Crippen LogP contribution is 2.04. The Kier molecular flexibility index (Phi) is 2.79. The van der Waals surface area contributed by atoms with Crippen LogP contribution >= 0.6 is 0 Å². The molecule has 70 valence electrons. The minimum absolute atomic E-state index is 0.183. The lowest BCUT2D eigenvalue weighted by molar-refractivity contribution is -0.136. The molecular formula is C8H11N3O2. The molecule has 1 heterocycles. The number of nitrogen functional groups attached to an aromatic ring is 1. The van der Waals surface area contributed by atoms with Gasteiger partial charge in [0.25, 0.3) is 0 Å². The van der Waals surface area contributed by atoms with Gasteiger partial charge in [0.05, 0.1) is 0 Å². The molecule has 0 saturated heterocycles. The zero-order valence-electron chi connectivity index (χ0n) is 7.32. The molecule has 0 saturated carbocycles. The van der Waals surface area contributed by atoms with E-state index < -0.39 is 5.97 Å². The van der Waals surface area contributed by atoms with Crippen molar-refractivity contribution in [1.29, 1.82) is 0 Å². The molecule has 0 aliphatic heterocycles. The van der Waals surface area contributed by atoms with E-state index in [4.69, 9.17) is 10.8 Å². The van der Waals surface area contributed by atoms with Crippen LogP contribution in [0.4, 0.5) is 5.82 Å². The van der Waals surface area contributed by atoms with Gasteiger partial charge in [-0.2, -0.15) is 0 Å². The SMILES string of the molecule is CCc1cc(N)nc(CC(=O)O)n1. The maximum atomic E-state index is 10.4. The number of hydrogen-bond donors (Lipinski definition) is 2. The lowest BCUT2D eigenvalue weighted by atomic mass is 10.3. The van der Waals surface area contributed by atoms with E-state index in [-0.39, 0.29) is 12.2 Å². The third-order valence-corrected chi connectivity index (χ3v) is 1.52. The molecule has 5 heteroatoms. The number of rotatable bonds is 3. The van der Waals surface area contributed by atoms with Gasteiger partial charge >= 0.3 is 5.97 Å². The van der Waals surface area contributed by atoms with Gasteiger partial charge in [-0.25, -0.2) is 9.97 Å². The number of aryl methyl sites for hydroxylation is 1. The van der Waals surface area contributed by atoms with Crippen molar-refractivity contribution in [3.05, 3.63) is 17.6 Å². The van der Waals surface area contributed by atoms with E-state index >= 15 is 0 Å². The van der Waals surface area contributed by atoms with Crippen molar-refractivity contribution in [3.63, 3.8) is 0 Å². The van der Waals surface area contributed by atoms with Crippen LogP contribution in [0.5, 0.6) is 0 Å². The highest BCUT2D eigenvalue weighted by Gasteiger charge is 2.05. The summed E-state index contributed by atoms with van der Waals surface area (Å²) in [4.78, 5) is 18.2. The summed E-state index contributed by atoms with van der Waals surface area (Å²) in [6.07, 6.45) is 0.539. The standard InChI is InChI=1S/C8H11N3O2/c1-2-5-3-6(9)11-7(10-5)4-8(12)13/h3H,2,4H2,1H3,(H,12,13)(H2,9,10,11). The van der Waals surface area contributed by atoms with Crippen LogP contribution < -0.4 is 5.73 Å². The maximum Gasteiger partial charge on any atom is 0.311 e. The lowest BCUT2D eigenvalue weighted by Crippen LogP contribution is -2.08. The van der Waals surface area contributed by atoms with Gasteiger partial charge in [-0.15, -0.1) is 0 Å². The fraction of sp³-hybridized carbons (Fsp3) is 0.375. The van der Waals surface area contributed by atoms with Gasteiger partial charge in [-0.05, 0) is 6.42 Å². The lowest BCUT2D eigenvalue weighted by Gasteiger charge is -2.01. The predicted molar refractivity (Wildman–Crippen MR) is 47.2 cm³/mol. The minimum atomic E-state index is -0.951. The summed E-state index contributed by atoms with van der Waals surface area (Å²) in [6.45, 7) is 1.92. The Morgan fingerprint density at radius 3 is 2.85 bits per heavy atom. The van der Waals surface area contributed by atoms with Crippen molar-refractivity contribution >= 4 is 11.8 Å². The third-order valence-electron chi connectivity index (χ3n) is 1.52. The molecule has 0 spiro atoms. The first-order chi connectivity index (χ1) is 6.11. The number of carboxylic acids is 1. The van der Waals surface area contributed by atoms with Crippen molar-refractivity contribution in [3.8, 4) is 0 Å². The summed E-state index contributed by atoms with van der Waals surface area (Å²) in [5.41, 5.74) is 6.23. The molecule has 0 aliphatic rings. The van der Waals surface area contributed by atoms with Crippen LogP contribution in [0.25, 0.3) is 0 Å². The van der Waals surface area contributed by atoms with Gasteiger partial charge in [0.15, 0.2) is 0 Å². The Hall–Kier alpha value is -1.65. The van der Waals surface area contributed by atoms with E-state index in [9.17, 15) is 4.79 Å². The third kappa shape index (κ3) is 2.70. The van der Waals surface area contributed by atoms with Crippen molar-refractivity contribution in [2.24, 2.45) is 0 Å². The largest absolute Gasteiger partial charge is 0.481 e. The summed E-state index contributed by atoms with van der Waals surface area (Å²) in [5, 5.41) is 8.50. The summed E-state index contributed by atoms with van der Waals surface area (Å²) >= 11 is 0. The second-order valence-electron chi connectivity index (χ2n) is 2.62. The molecule has 0 amide bonds. The Balaban J connectivity index is 2.94. The maximum absolute atomic E-state index is 10.4. The normalized spacial score (nSPS) is 9.92. The van der Waals surface area contributed by atoms with Crippen LogP contribution in [0, 0.1) is 0 Å². The molecule has 0 bridgehead atoms. The fourth-order valence-corrected chi connectivity index (χ4v) is 0.970. The smallest absolute Gasteiger partial charge is 0.311 e. The molecular weight excluding hydrogens is 170 g/mol. The van der Waals surface area contributed by atoms with Crippen LogP contribution in [0.3, 0.4) is 0 Å². The molecule has 0 unspecified atom stereocenters. The molecule has 0 atom stereocenters. The quantitative estimate of drug-likeness (QED) is 0.697. The molecule has 0 aromatic carbocycles. The summed E-state index contributed by atoms with van der Waals surface area (Å²) in [6, 6.07) is 1.64. The van der Waals surface area contributed by atoms with E-state index in [1.807, 2.05) is 6.92 Å². The molecule has 1 rings (SSSR count). The van der Waals surface area contributed by atoms with Crippen molar-refractivity contribution in [2.45, 2.75) is 19.8 Å². The first-order valence-electron chi connectivity index (χ1n) is 3.96. The minimum Gasteiger partial charge on any atom is -0.481 e. The Labute approximate surface area is 75.6 Å². The topological polar surface area (TPSA) is 89.1 Å². The Morgan fingerprint density at radius 1 is 1.62 bits per heavy atom. The van der Waals surface area contributed by atoms with E-state index in [2.05, 4.69) is 9.97 Å². The molecule has 13 heavy (non-hydrogen) atoms. The predicted octanol–water partition coefficient (Wildman–Crippen LogP) is 0.248.